The molecule has 1 aliphatic carbocycles. The lowest BCUT2D eigenvalue weighted by Crippen LogP contribution is -2.34. The van der Waals surface area contributed by atoms with Crippen LogP contribution in [0.5, 0.6) is 0 Å². The van der Waals surface area contributed by atoms with Crippen molar-refractivity contribution in [3.8, 4) is 0 Å². The fourth-order valence-corrected chi connectivity index (χ4v) is 2.51. The lowest BCUT2D eigenvalue weighted by molar-refractivity contribution is -0.120. The quantitative estimate of drug-likeness (QED) is 0.908. The van der Waals surface area contributed by atoms with Crippen molar-refractivity contribution < 1.29 is 4.79 Å². The minimum atomic E-state index is -0.546. The number of aryl methyl sites for hydroxylation is 2. The van der Waals surface area contributed by atoms with Crippen molar-refractivity contribution in [2.75, 3.05) is 0 Å². The second-order valence-electron chi connectivity index (χ2n) is 4.44. The molecule has 2 N–H and O–H groups in total. The molecule has 0 aromatic carbocycles. The smallest absolute Gasteiger partial charge is 0.158 e. The molecule has 88 valence electrons. The molecule has 1 aromatic heterocycles. The summed E-state index contributed by atoms with van der Waals surface area (Å²) in [6.45, 7) is 2.05. The number of hydrogen-bond donors (Lipinski definition) is 1. The van der Waals surface area contributed by atoms with Crippen molar-refractivity contribution in [2.24, 2.45) is 12.8 Å². The number of carbonyl (C=O) groups excluding carboxylic acids is 1. The van der Waals surface area contributed by atoms with E-state index in [0.29, 0.717) is 6.42 Å². The Hall–Kier alpha value is -0.680. The number of Topliss-reactive ketones (excluding diaryl/α,β-unsaturated/α-hetero) is 1. The number of aromatic nitrogens is 2. The van der Waals surface area contributed by atoms with Crippen LogP contribution in [0.2, 0.25) is 0 Å². The third-order valence-electron chi connectivity index (χ3n) is 3.17. The lowest BCUT2D eigenvalue weighted by atomic mass is 10.1. The molecule has 0 amide bonds. The number of ketones is 1. The standard InChI is InChI=1S/C11H16BrN3O/c1-3-7-10(12)8(15(2)14-7)6-9(16)11(13)4-5-11/h3-6,13H2,1-2H3. The summed E-state index contributed by atoms with van der Waals surface area (Å²) < 4.78 is 2.72. The van der Waals surface area contributed by atoms with Crippen LogP contribution in [-0.2, 0) is 24.7 Å². The summed E-state index contributed by atoms with van der Waals surface area (Å²) in [5.41, 5.74) is 7.26. The molecule has 1 aliphatic rings. The van der Waals surface area contributed by atoms with E-state index in [2.05, 4.69) is 21.0 Å². The van der Waals surface area contributed by atoms with Gasteiger partial charge in [-0.15, -0.1) is 0 Å². The largest absolute Gasteiger partial charge is 0.319 e. The molecule has 1 fully saturated rings. The number of rotatable bonds is 4. The fraction of sp³-hybridized carbons (Fsp3) is 0.636. The predicted octanol–water partition coefficient (Wildman–Crippen LogP) is 1.35. The maximum Gasteiger partial charge on any atom is 0.158 e. The van der Waals surface area contributed by atoms with E-state index in [-0.39, 0.29) is 5.78 Å². The van der Waals surface area contributed by atoms with Crippen LogP contribution in [0.4, 0.5) is 0 Å². The van der Waals surface area contributed by atoms with E-state index in [1.165, 1.54) is 0 Å². The molecule has 1 aromatic rings. The summed E-state index contributed by atoms with van der Waals surface area (Å²) in [6, 6.07) is 0. The Balaban J connectivity index is 2.21. The number of carbonyl (C=O) groups is 1. The van der Waals surface area contributed by atoms with Gasteiger partial charge in [0.2, 0.25) is 0 Å². The van der Waals surface area contributed by atoms with Gasteiger partial charge in [0.25, 0.3) is 0 Å². The van der Waals surface area contributed by atoms with Gasteiger partial charge in [0.1, 0.15) is 0 Å². The molecular weight excluding hydrogens is 270 g/mol. The van der Waals surface area contributed by atoms with Crippen molar-refractivity contribution >= 4 is 21.7 Å². The van der Waals surface area contributed by atoms with Crippen molar-refractivity contribution in [1.29, 1.82) is 0 Å². The normalized spacial score (nSPS) is 17.5. The second kappa shape index (κ2) is 3.96. The van der Waals surface area contributed by atoms with Crippen LogP contribution in [0.1, 0.15) is 31.2 Å². The Bertz CT molecular complexity index is 435. The zero-order chi connectivity index (χ0) is 11.9. The number of hydrogen-bond acceptors (Lipinski definition) is 3. The Labute approximate surface area is 103 Å². The highest BCUT2D eigenvalue weighted by molar-refractivity contribution is 9.10. The molecule has 0 bridgehead atoms. The Morgan fingerprint density at radius 3 is 2.69 bits per heavy atom. The molecule has 0 unspecified atom stereocenters. The first-order valence-electron chi connectivity index (χ1n) is 5.50. The van der Waals surface area contributed by atoms with E-state index >= 15 is 0 Å². The van der Waals surface area contributed by atoms with Gasteiger partial charge >= 0.3 is 0 Å². The van der Waals surface area contributed by atoms with Gasteiger partial charge in [0, 0.05) is 7.05 Å². The molecule has 0 spiro atoms. The molecule has 2 rings (SSSR count). The van der Waals surface area contributed by atoms with Crippen molar-refractivity contribution in [3.63, 3.8) is 0 Å². The second-order valence-corrected chi connectivity index (χ2v) is 5.23. The summed E-state index contributed by atoms with van der Waals surface area (Å²) >= 11 is 3.50. The molecule has 1 saturated carbocycles. The van der Waals surface area contributed by atoms with Crippen LogP contribution in [0.3, 0.4) is 0 Å². The maximum atomic E-state index is 11.9. The van der Waals surface area contributed by atoms with E-state index in [4.69, 9.17) is 5.73 Å². The van der Waals surface area contributed by atoms with Crippen LogP contribution < -0.4 is 5.73 Å². The molecule has 0 atom stereocenters. The minimum Gasteiger partial charge on any atom is -0.319 e. The molecule has 16 heavy (non-hydrogen) atoms. The lowest BCUT2D eigenvalue weighted by Gasteiger charge is -2.07. The SMILES string of the molecule is CCc1nn(C)c(CC(=O)C2(N)CC2)c1Br. The van der Waals surface area contributed by atoms with Gasteiger partial charge in [-0.05, 0) is 35.2 Å². The average Bonchev–Trinajstić information content (AvgIpc) is 2.94. The van der Waals surface area contributed by atoms with Crippen LogP contribution in [0.25, 0.3) is 0 Å². The Morgan fingerprint density at radius 1 is 1.62 bits per heavy atom. The van der Waals surface area contributed by atoms with Crippen molar-refractivity contribution in [2.45, 2.75) is 38.1 Å². The monoisotopic (exact) mass is 285 g/mol. The Kier molecular flexibility index (Phi) is 2.92. The van der Waals surface area contributed by atoms with E-state index in [1.807, 2.05) is 14.0 Å². The molecule has 4 nitrogen and oxygen atoms in total. The van der Waals surface area contributed by atoms with Crippen molar-refractivity contribution in [1.82, 2.24) is 9.78 Å². The zero-order valence-electron chi connectivity index (χ0n) is 9.59. The number of halogens is 1. The summed E-state index contributed by atoms with van der Waals surface area (Å²) in [4.78, 5) is 11.9. The molecular formula is C11H16BrN3O. The first kappa shape index (κ1) is 11.8. The minimum absolute atomic E-state index is 0.124. The average molecular weight is 286 g/mol. The highest BCUT2D eigenvalue weighted by Gasteiger charge is 2.45. The van der Waals surface area contributed by atoms with Crippen LogP contribution in [0, 0.1) is 0 Å². The highest BCUT2D eigenvalue weighted by atomic mass is 79.9. The summed E-state index contributed by atoms with van der Waals surface area (Å²) in [6.07, 6.45) is 2.88. The fourth-order valence-electron chi connectivity index (χ4n) is 1.75. The van der Waals surface area contributed by atoms with Crippen molar-refractivity contribution in [3.05, 3.63) is 15.9 Å². The van der Waals surface area contributed by atoms with Crippen LogP contribution >= 0.6 is 15.9 Å². The van der Waals surface area contributed by atoms with E-state index in [0.717, 1.165) is 35.1 Å². The first-order valence-corrected chi connectivity index (χ1v) is 6.29. The van der Waals surface area contributed by atoms with Crippen LogP contribution in [-0.4, -0.2) is 21.1 Å². The molecule has 0 aliphatic heterocycles. The van der Waals surface area contributed by atoms with Gasteiger partial charge in [-0.2, -0.15) is 5.10 Å². The predicted molar refractivity (Wildman–Crippen MR) is 65.1 cm³/mol. The van der Waals surface area contributed by atoms with Gasteiger partial charge in [0.15, 0.2) is 5.78 Å². The molecule has 1 heterocycles. The van der Waals surface area contributed by atoms with Crippen LogP contribution in [0.15, 0.2) is 4.47 Å². The van der Waals surface area contributed by atoms with E-state index < -0.39 is 5.54 Å². The molecule has 0 saturated heterocycles. The zero-order valence-corrected chi connectivity index (χ0v) is 11.2. The topological polar surface area (TPSA) is 60.9 Å². The first-order chi connectivity index (χ1) is 7.48. The number of nitrogens with two attached hydrogens (primary N) is 1. The van der Waals surface area contributed by atoms with Gasteiger partial charge in [-0.3, -0.25) is 9.48 Å². The van der Waals surface area contributed by atoms with Gasteiger partial charge in [0.05, 0.1) is 27.8 Å². The maximum absolute atomic E-state index is 11.9. The van der Waals surface area contributed by atoms with Gasteiger partial charge in [-0.25, -0.2) is 0 Å². The summed E-state index contributed by atoms with van der Waals surface area (Å²) in [7, 11) is 1.86. The van der Waals surface area contributed by atoms with Gasteiger partial charge < -0.3 is 5.73 Å². The third kappa shape index (κ3) is 1.94. The third-order valence-corrected chi connectivity index (χ3v) is 4.09. The number of nitrogens with zero attached hydrogens (tertiary/aromatic N) is 2. The van der Waals surface area contributed by atoms with E-state index in [1.54, 1.807) is 4.68 Å². The summed E-state index contributed by atoms with van der Waals surface area (Å²) in [5.74, 6) is 0.124. The Morgan fingerprint density at radius 2 is 2.25 bits per heavy atom. The summed E-state index contributed by atoms with van der Waals surface area (Å²) in [5, 5.41) is 4.36. The van der Waals surface area contributed by atoms with Gasteiger partial charge in [-0.1, -0.05) is 6.92 Å². The molecule has 0 radical (unpaired) electrons. The highest BCUT2D eigenvalue weighted by Crippen LogP contribution is 2.35. The molecule has 5 heteroatoms. The van der Waals surface area contributed by atoms with E-state index in [9.17, 15) is 4.79 Å².